The average molecular weight is 242 g/mol. The van der Waals surface area contributed by atoms with Crippen LogP contribution in [0.1, 0.15) is 6.42 Å². The number of alkyl halides is 3. The van der Waals surface area contributed by atoms with Crippen LogP contribution in [0.4, 0.5) is 18.9 Å². The molecule has 0 unspecified atom stereocenters. The Morgan fingerprint density at radius 1 is 1.12 bits per heavy atom. The number of carbonyl (C=O) groups is 1. The van der Waals surface area contributed by atoms with Gasteiger partial charge in [-0.1, -0.05) is 24.3 Å². The molecule has 0 saturated heterocycles. The molecule has 0 spiro atoms. The zero-order chi connectivity index (χ0) is 12.5. The number of rotatable bonds is 1. The summed E-state index contributed by atoms with van der Waals surface area (Å²) in [5, 5.41) is 0.605. The molecule has 6 heteroatoms. The summed E-state index contributed by atoms with van der Waals surface area (Å²) in [6.45, 7) is 0. The third-order valence-corrected chi connectivity index (χ3v) is 2.25. The molecular formula is C11H9F3N2O. The Kier molecular flexibility index (Phi) is 2.79. The van der Waals surface area contributed by atoms with Gasteiger partial charge in [-0.15, -0.1) is 13.2 Å². The van der Waals surface area contributed by atoms with E-state index in [4.69, 9.17) is 0 Å². The van der Waals surface area contributed by atoms with Crippen LogP contribution in [0.3, 0.4) is 0 Å². The fourth-order valence-corrected chi connectivity index (χ4v) is 1.57. The van der Waals surface area contributed by atoms with Crippen molar-refractivity contribution in [2.24, 2.45) is 0 Å². The van der Waals surface area contributed by atoms with Crippen LogP contribution in [0.5, 0.6) is 0 Å². The molecule has 0 fully saturated rings. The summed E-state index contributed by atoms with van der Waals surface area (Å²) in [4.78, 5) is 11.3. The topological polar surface area (TPSA) is 23.6 Å². The van der Waals surface area contributed by atoms with E-state index in [1.807, 2.05) is 0 Å². The first-order valence-electron chi connectivity index (χ1n) is 4.91. The number of hydrogen-bond acceptors (Lipinski definition) is 2. The minimum Gasteiger partial charge on any atom is -0.272 e. The van der Waals surface area contributed by atoms with Gasteiger partial charge in [0, 0.05) is 12.6 Å². The lowest BCUT2D eigenvalue weighted by atomic mass is 10.3. The molecule has 0 radical (unpaired) electrons. The maximum Gasteiger partial charge on any atom is 0.506 e. The molecule has 0 aliphatic carbocycles. The minimum atomic E-state index is -4.72. The van der Waals surface area contributed by atoms with Crippen LogP contribution in [-0.2, 0) is 4.79 Å². The molecule has 1 amide bonds. The second-order valence-electron chi connectivity index (χ2n) is 3.44. The van der Waals surface area contributed by atoms with E-state index in [9.17, 15) is 18.0 Å². The molecule has 1 aromatic rings. The smallest absolute Gasteiger partial charge is 0.272 e. The molecule has 0 atom stereocenters. The number of anilines is 1. The molecule has 1 aliphatic heterocycles. The molecule has 1 aliphatic rings. The van der Waals surface area contributed by atoms with Crippen molar-refractivity contribution in [1.29, 1.82) is 0 Å². The van der Waals surface area contributed by atoms with Crippen LogP contribution >= 0.6 is 0 Å². The second kappa shape index (κ2) is 4.12. The van der Waals surface area contributed by atoms with Crippen LogP contribution < -0.4 is 5.01 Å². The second-order valence-corrected chi connectivity index (χ2v) is 3.44. The molecule has 0 aromatic heterocycles. The van der Waals surface area contributed by atoms with E-state index in [0.717, 1.165) is 5.01 Å². The zero-order valence-corrected chi connectivity index (χ0v) is 8.69. The molecule has 0 N–H and O–H groups in total. The molecule has 17 heavy (non-hydrogen) atoms. The lowest BCUT2D eigenvalue weighted by molar-refractivity contribution is -0.241. The van der Waals surface area contributed by atoms with E-state index < -0.39 is 12.2 Å². The summed E-state index contributed by atoms with van der Waals surface area (Å²) in [5.74, 6) is -0.996. The highest BCUT2D eigenvalue weighted by Gasteiger charge is 2.45. The Bertz CT molecular complexity index is 442. The van der Waals surface area contributed by atoms with Crippen LogP contribution in [0.25, 0.3) is 0 Å². The molecule has 90 valence electrons. The molecule has 2 rings (SSSR count). The SMILES string of the molecule is O=C1CC=CN(c2ccccc2)N1C(F)(F)F. The van der Waals surface area contributed by atoms with Gasteiger partial charge in [-0.05, 0) is 12.1 Å². The van der Waals surface area contributed by atoms with Crippen molar-refractivity contribution in [1.82, 2.24) is 5.01 Å². The van der Waals surface area contributed by atoms with E-state index in [2.05, 4.69) is 0 Å². The van der Waals surface area contributed by atoms with Gasteiger partial charge in [-0.3, -0.25) is 9.80 Å². The van der Waals surface area contributed by atoms with Gasteiger partial charge in [0.25, 0.3) is 5.91 Å². The summed E-state index contributed by atoms with van der Waals surface area (Å²) in [6.07, 6.45) is -2.33. The summed E-state index contributed by atoms with van der Waals surface area (Å²) in [6, 6.07) is 7.91. The highest BCUT2D eigenvalue weighted by molar-refractivity contribution is 5.82. The van der Waals surface area contributed by atoms with Crippen molar-refractivity contribution in [3.63, 3.8) is 0 Å². The summed E-state index contributed by atoms with van der Waals surface area (Å²) >= 11 is 0. The molecule has 3 nitrogen and oxygen atoms in total. The molecule has 1 aromatic carbocycles. The maximum absolute atomic E-state index is 12.8. The number of benzene rings is 1. The van der Waals surface area contributed by atoms with Crippen LogP contribution in [0.15, 0.2) is 42.6 Å². The van der Waals surface area contributed by atoms with Gasteiger partial charge in [0.2, 0.25) is 0 Å². The predicted octanol–water partition coefficient (Wildman–Crippen LogP) is 2.67. The summed E-state index contributed by atoms with van der Waals surface area (Å²) in [5.41, 5.74) is 0.286. The summed E-state index contributed by atoms with van der Waals surface area (Å²) in [7, 11) is 0. The van der Waals surface area contributed by atoms with Crippen molar-refractivity contribution in [2.75, 3.05) is 5.01 Å². The predicted molar refractivity (Wildman–Crippen MR) is 55.6 cm³/mol. The van der Waals surface area contributed by atoms with E-state index in [1.165, 1.54) is 24.4 Å². The van der Waals surface area contributed by atoms with Crippen LogP contribution in [-0.4, -0.2) is 17.2 Å². The Balaban J connectivity index is 2.40. The Labute approximate surface area is 95.7 Å². The van der Waals surface area contributed by atoms with Crippen molar-refractivity contribution in [2.45, 2.75) is 12.7 Å². The maximum atomic E-state index is 12.8. The van der Waals surface area contributed by atoms with Gasteiger partial charge in [0.05, 0.1) is 5.69 Å². The Hall–Kier alpha value is -1.98. The number of nitrogens with zero attached hydrogens (tertiary/aromatic N) is 2. The van der Waals surface area contributed by atoms with E-state index in [1.54, 1.807) is 18.2 Å². The van der Waals surface area contributed by atoms with E-state index in [-0.39, 0.29) is 17.1 Å². The lowest BCUT2D eigenvalue weighted by Crippen LogP contribution is -2.53. The number of amides is 1. The number of hydrogen-bond donors (Lipinski definition) is 0. The minimum absolute atomic E-state index is 0.192. The van der Waals surface area contributed by atoms with E-state index >= 15 is 0 Å². The Morgan fingerprint density at radius 2 is 1.76 bits per heavy atom. The number of para-hydroxylation sites is 1. The monoisotopic (exact) mass is 242 g/mol. The summed E-state index contributed by atoms with van der Waals surface area (Å²) < 4.78 is 38.3. The molecule has 0 saturated carbocycles. The van der Waals surface area contributed by atoms with Crippen molar-refractivity contribution < 1.29 is 18.0 Å². The average Bonchev–Trinajstić information content (AvgIpc) is 2.28. The highest BCUT2D eigenvalue weighted by atomic mass is 19.4. The third-order valence-electron chi connectivity index (χ3n) is 2.25. The first-order valence-corrected chi connectivity index (χ1v) is 4.91. The van der Waals surface area contributed by atoms with Gasteiger partial charge in [0.15, 0.2) is 0 Å². The molecule has 1 heterocycles. The van der Waals surface area contributed by atoms with Gasteiger partial charge in [-0.25, -0.2) is 0 Å². The van der Waals surface area contributed by atoms with Crippen molar-refractivity contribution >= 4 is 11.6 Å². The van der Waals surface area contributed by atoms with Gasteiger partial charge >= 0.3 is 6.30 Å². The first kappa shape index (κ1) is 11.5. The fraction of sp³-hybridized carbons (Fsp3) is 0.182. The van der Waals surface area contributed by atoms with Gasteiger partial charge in [-0.2, -0.15) is 5.01 Å². The number of halogens is 3. The molecule has 0 bridgehead atoms. The largest absolute Gasteiger partial charge is 0.506 e. The quantitative estimate of drug-likeness (QED) is 0.707. The zero-order valence-electron chi connectivity index (χ0n) is 8.69. The number of hydrazine groups is 1. The lowest BCUT2D eigenvalue weighted by Gasteiger charge is -2.36. The highest BCUT2D eigenvalue weighted by Crippen LogP contribution is 2.30. The van der Waals surface area contributed by atoms with E-state index in [0.29, 0.717) is 0 Å². The molecular weight excluding hydrogens is 233 g/mol. The fourth-order valence-electron chi connectivity index (χ4n) is 1.57. The number of carbonyl (C=O) groups excluding carboxylic acids is 1. The third kappa shape index (κ3) is 2.25. The van der Waals surface area contributed by atoms with Gasteiger partial charge < -0.3 is 0 Å². The van der Waals surface area contributed by atoms with Crippen LogP contribution in [0.2, 0.25) is 0 Å². The standard InChI is InChI=1S/C11H9F3N2O/c12-11(13,14)16-10(17)7-4-8-15(16)9-5-2-1-3-6-9/h1-6,8H,7H2. The van der Waals surface area contributed by atoms with Gasteiger partial charge in [0.1, 0.15) is 0 Å². The normalized spacial score (nSPS) is 16.5. The van der Waals surface area contributed by atoms with Crippen molar-refractivity contribution in [3.8, 4) is 0 Å². The van der Waals surface area contributed by atoms with Crippen LogP contribution in [0, 0.1) is 0 Å². The van der Waals surface area contributed by atoms with Crippen molar-refractivity contribution in [3.05, 3.63) is 42.6 Å². The Morgan fingerprint density at radius 3 is 2.35 bits per heavy atom. The first-order chi connectivity index (χ1) is 8.00.